The predicted molar refractivity (Wildman–Crippen MR) is 147 cm³/mol. The number of hydrogen-bond donors (Lipinski definition) is 0. The smallest absolute Gasteiger partial charge is 0.352 e. The normalized spacial score (nSPS) is 15.3. The fourth-order valence-corrected chi connectivity index (χ4v) is 4.53. The van der Waals surface area contributed by atoms with E-state index in [9.17, 15) is 19.2 Å². The molecule has 0 aliphatic rings. The van der Waals surface area contributed by atoms with Crippen LogP contribution in [0.15, 0.2) is 0 Å². The van der Waals surface area contributed by atoms with Crippen molar-refractivity contribution in [2.75, 3.05) is 0 Å². The minimum Gasteiger partial charge on any atom is -0.457 e. The van der Waals surface area contributed by atoms with Crippen LogP contribution in [0, 0.1) is 21.7 Å². The Hall–Kier alpha value is -2.12. The fraction of sp³-hybridized carbons (Fsp3) is 0.867. The zero-order valence-electron chi connectivity index (χ0n) is 26.8. The molecule has 0 aliphatic heterocycles. The number of carbonyl (C=O) groups excluding carboxylic acids is 4. The Morgan fingerprint density at radius 2 is 0.711 bits per heavy atom. The second kappa shape index (κ2) is 12.0. The van der Waals surface area contributed by atoms with Gasteiger partial charge in [0, 0.05) is 0 Å². The Morgan fingerprint density at radius 3 is 0.895 bits per heavy atom. The Balaban J connectivity index is 6.64. The molecular weight excluding hydrogens is 488 g/mol. The summed E-state index contributed by atoms with van der Waals surface area (Å²) in [7, 11) is 0. The van der Waals surface area contributed by atoms with E-state index in [0.29, 0.717) is 12.8 Å². The summed E-state index contributed by atoms with van der Waals surface area (Å²) in [5.74, 6) is -3.45. The van der Waals surface area contributed by atoms with Crippen LogP contribution in [0.5, 0.6) is 0 Å². The van der Waals surface area contributed by atoms with Gasteiger partial charge in [0.15, 0.2) is 0 Å². The Kier molecular flexibility index (Phi) is 11.3. The second-order valence-corrected chi connectivity index (χ2v) is 16.0. The molecule has 0 aliphatic carbocycles. The lowest BCUT2D eigenvalue weighted by molar-refractivity contribution is -0.205. The highest BCUT2D eigenvalue weighted by molar-refractivity contribution is 5.91. The van der Waals surface area contributed by atoms with Crippen molar-refractivity contribution in [1.29, 1.82) is 0 Å². The highest BCUT2D eigenvalue weighted by Crippen LogP contribution is 2.37. The van der Waals surface area contributed by atoms with Crippen LogP contribution in [-0.4, -0.2) is 47.3 Å². The highest BCUT2D eigenvalue weighted by Gasteiger charge is 2.48. The molecule has 0 aromatic heterocycles. The van der Waals surface area contributed by atoms with Crippen LogP contribution >= 0.6 is 0 Å². The van der Waals surface area contributed by atoms with E-state index in [-0.39, 0.29) is 10.8 Å². The summed E-state index contributed by atoms with van der Waals surface area (Å²) in [6, 6.07) is 0. The Morgan fingerprint density at radius 1 is 0.474 bits per heavy atom. The average molecular weight is 543 g/mol. The maximum atomic E-state index is 13.4. The van der Waals surface area contributed by atoms with Crippen LogP contribution in [0.3, 0.4) is 0 Å². The molecule has 0 aromatic carbocycles. The zero-order chi connectivity index (χ0) is 30.7. The van der Waals surface area contributed by atoms with E-state index in [4.69, 9.17) is 18.9 Å². The fourth-order valence-electron chi connectivity index (χ4n) is 4.53. The minimum atomic E-state index is -1.86. The van der Waals surface area contributed by atoms with Crippen molar-refractivity contribution in [1.82, 2.24) is 0 Å². The Bertz CT molecular complexity index is 783. The molecule has 2 unspecified atom stereocenters. The minimum absolute atomic E-state index is 0.224. The van der Waals surface area contributed by atoms with E-state index in [2.05, 4.69) is 0 Å². The molecule has 0 saturated carbocycles. The second-order valence-electron chi connectivity index (χ2n) is 16.0. The third kappa shape index (κ3) is 13.6. The van der Waals surface area contributed by atoms with Gasteiger partial charge in [-0.15, -0.1) is 0 Å². The largest absolute Gasteiger partial charge is 0.457 e. The van der Waals surface area contributed by atoms with Crippen molar-refractivity contribution in [3.05, 3.63) is 0 Å². The van der Waals surface area contributed by atoms with Crippen molar-refractivity contribution in [3.8, 4) is 0 Å². The first-order valence-electron chi connectivity index (χ1n) is 13.3. The molecule has 38 heavy (non-hydrogen) atoms. The summed E-state index contributed by atoms with van der Waals surface area (Å²) < 4.78 is 22.4. The maximum Gasteiger partial charge on any atom is 0.352 e. The SMILES string of the molecule is CC(C)(C)CC(C)(C)C(=O)OC(C(=O)OC(C)(C)C)C(OC(=O)C(C)(C)CC(C)(C)C)C(=O)OC(C)(C)C. The van der Waals surface area contributed by atoms with Crippen molar-refractivity contribution in [2.45, 2.75) is 147 Å². The predicted octanol–water partition coefficient (Wildman–Crippen LogP) is 6.42. The van der Waals surface area contributed by atoms with Gasteiger partial charge in [0.1, 0.15) is 11.2 Å². The summed E-state index contributed by atoms with van der Waals surface area (Å²) in [4.78, 5) is 53.5. The Labute approximate surface area is 230 Å². The topological polar surface area (TPSA) is 105 Å². The number of ether oxygens (including phenoxy) is 4. The average Bonchev–Trinajstić information content (AvgIpc) is 2.56. The zero-order valence-corrected chi connectivity index (χ0v) is 26.8. The number of hydrogen-bond acceptors (Lipinski definition) is 8. The van der Waals surface area contributed by atoms with Crippen LogP contribution in [0.25, 0.3) is 0 Å². The lowest BCUT2D eigenvalue weighted by atomic mass is 9.76. The molecule has 0 fully saturated rings. The number of rotatable bonds is 9. The van der Waals surface area contributed by atoms with Crippen molar-refractivity contribution < 1.29 is 38.1 Å². The molecule has 0 aromatic rings. The van der Waals surface area contributed by atoms with Gasteiger partial charge in [-0.3, -0.25) is 9.59 Å². The molecule has 0 heterocycles. The van der Waals surface area contributed by atoms with Crippen LogP contribution < -0.4 is 0 Å². The molecule has 0 rings (SSSR count). The molecule has 222 valence electrons. The van der Waals surface area contributed by atoms with Gasteiger partial charge in [0.05, 0.1) is 10.8 Å². The van der Waals surface area contributed by atoms with E-state index in [1.807, 2.05) is 41.5 Å². The first kappa shape index (κ1) is 35.9. The maximum absolute atomic E-state index is 13.4. The summed E-state index contributed by atoms with van der Waals surface area (Å²) >= 11 is 0. The van der Waals surface area contributed by atoms with Crippen molar-refractivity contribution in [2.24, 2.45) is 21.7 Å². The molecule has 0 spiro atoms. The molecule has 8 heteroatoms. The lowest BCUT2D eigenvalue weighted by Gasteiger charge is -2.35. The first-order valence-corrected chi connectivity index (χ1v) is 13.3. The van der Waals surface area contributed by atoms with Gasteiger partial charge in [-0.2, -0.15) is 0 Å². The van der Waals surface area contributed by atoms with Gasteiger partial charge in [0.25, 0.3) is 0 Å². The molecule has 0 N–H and O–H groups in total. The van der Waals surface area contributed by atoms with Crippen LogP contribution in [0.4, 0.5) is 0 Å². The van der Waals surface area contributed by atoms with Gasteiger partial charge in [0.2, 0.25) is 12.2 Å². The van der Waals surface area contributed by atoms with Gasteiger partial charge in [-0.05, 0) is 92.9 Å². The first-order chi connectivity index (χ1) is 16.5. The summed E-state index contributed by atoms with van der Waals surface area (Å²) in [6.45, 7) is 28.6. The standard InChI is InChI=1S/C30H54O8/c1-25(2,3)17-29(13,14)23(33)35-19(21(31)37-27(7,8)9)20(22(32)38-28(10,11)12)36-24(34)30(15,16)18-26(4,5)6/h19-20H,17-18H2,1-16H3. The van der Waals surface area contributed by atoms with Crippen LogP contribution in [-0.2, 0) is 38.1 Å². The van der Waals surface area contributed by atoms with Crippen LogP contribution in [0.1, 0.15) is 124 Å². The molecule has 0 amide bonds. The molecule has 8 nitrogen and oxygen atoms in total. The molecule has 0 radical (unpaired) electrons. The molecule has 2 atom stereocenters. The quantitative estimate of drug-likeness (QED) is 0.243. The van der Waals surface area contributed by atoms with Gasteiger partial charge >= 0.3 is 23.9 Å². The number of esters is 4. The summed E-state index contributed by atoms with van der Waals surface area (Å²) in [5.41, 5.74) is -4.39. The monoisotopic (exact) mass is 542 g/mol. The molecule has 0 bridgehead atoms. The highest BCUT2D eigenvalue weighted by atomic mass is 16.6. The number of carbonyl (C=O) groups is 4. The summed E-state index contributed by atoms with van der Waals surface area (Å²) in [6.07, 6.45) is -2.83. The van der Waals surface area contributed by atoms with E-state index >= 15 is 0 Å². The lowest BCUT2D eigenvalue weighted by Crippen LogP contribution is -2.52. The van der Waals surface area contributed by atoms with Crippen molar-refractivity contribution in [3.63, 3.8) is 0 Å². The third-order valence-corrected chi connectivity index (χ3v) is 5.07. The van der Waals surface area contributed by atoms with Crippen LogP contribution in [0.2, 0.25) is 0 Å². The van der Waals surface area contributed by atoms with Crippen molar-refractivity contribution >= 4 is 23.9 Å². The summed E-state index contributed by atoms with van der Waals surface area (Å²) in [5, 5.41) is 0. The van der Waals surface area contributed by atoms with Gasteiger partial charge in [-0.1, -0.05) is 41.5 Å². The third-order valence-electron chi connectivity index (χ3n) is 5.07. The molecule has 0 saturated heterocycles. The van der Waals surface area contributed by atoms with E-state index in [1.54, 1.807) is 69.2 Å². The van der Waals surface area contributed by atoms with E-state index in [0.717, 1.165) is 0 Å². The van der Waals surface area contributed by atoms with E-state index in [1.165, 1.54) is 0 Å². The molecular formula is C30H54O8. The van der Waals surface area contributed by atoms with Gasteiger partial charge < -0.3 is 18.9 Å². The van der Waals surface area contributed by atoms with Gasteiger partial charge in [-0.25, -0.2) is 9.59 Å². The van der Waals surface area contributed by atoms with E-state index < -0.39 is 58.1 Å².